The number of rotatable bonds is 7. The molecule has 106 valence electrons. The van der Waals surface area contributed by atoms with Crippen molar-refractivity contribution in [3.8, 4) is 0 Å². The Morgan fingerprint density at radius 1 is 1.20 bits per heavy atom. The first-order valence-corrected chi connectivity index (χ1v) is 6.79. The number of nitrogens with one attached hydrogen (secondary N) is 1. The van der Waals surface area contributed by atoms with Gasteiger partial charge in [0.1, 0.15) is 18.0 Å². The molecule has 2 rings (SSSR count). The molecule has 2 aromatic rings. The molecule has 0 saturated carbocycles. The Morgan fingerprint density at radius 2 is 2.00 bits per heavy atom. The van der Waals surface area contributed by atoms with Gasteiger partial charge in [0.2, 0.25) is 0 Å². The van der Waals surface area contributed by atoms with Gasteiger partial charge in [-0.25, -0.2) is 9.97 Å². The van der Waals surface area contributed by atoms with Crippen molar-refractivity contribution < 1.29 is 5.11 Å². The zero-order valence-electron chi connectivity index (χ0n) is 11.7. The fourth-order valence-corrected chi connectivity index (χ4v) is 2.00. The van der Waals surface area contributed by atoms with E-state index in [0.717, 1.165) is 18.2 Å². The summed E-state index contributed by atoms with van der Waals surface area (Å²) in [7, 11) is 0. The van der Waals surface area contributed by atoms with Gasteiger partial charge in [-0.3, -0.25) is 0 Å². The summed E-state index contributed by atoms with van der Waals surface area (Å²) < 4.78 is 0. The van der Waals surface area contributed by atoms with Crippen molar-refractivity contribution in [3.63, 3.8) is 0 Å². The highest BCUT2D eigenvalue weighted by molar-refractivity contribution is 5.48. The highest BCUT2D eigenvalue weighted by Gasteiger charge is 2.09. The van der Waals surface area contributed by atoms with Crippen LogP contribution >= 0.6 is 0 Å². The predicted molar refractivity (Wildman–Crippen MR) is 80.8 cm³/mol. The number of hydrogen-bond donors (Lipinski definition) is 2. The van der Waals surface area contributed by atoms with Crippen molar-refractivity contribution in [2.75, 3.05) is 29.9 Å². The van der Waals surface area contributed by atoms with E-state index in [1.807, 2.05) is 36.1 Å². The maximum absolute atomic E-state index is 9.25. The summed E-state index contributed by atoms with van der Waals surface area (Å²) in [6.45, 7) is 4.18. The van der Waals surface area contributed by atoms with Crippen LogP contribution in [0.4, 0.5) is 11.6 Å². The van der Waals surface area contributed by atoms with Crippen LogP contribution in [0, 0.1) is 0 Å². The molecule has 0 amide bonds. The minimum Gasteiger partial charge on any atom is -0.395 e. The number of anilines is 2. The fourth-order valence-electron chi connectivity index (χ4n) is 2.00. The lowest BCUT2D eigenvalue weighted by Crippen LogP contribution is -2.27. The molecule has 2 N–H and O–H groups in total. The molecule has 0 spiro atoms. The van der Waals surface area contributed by atoms with Gasteiger partial charge in [-0.05, 0) is 12.5 Å². The molecule has 0 aliphatic carbocycles. The van der Waals surface area contributed by atoms with E-state index in [-0.39, 0.29) is 6.61 Å². The molecule has 1 heterocycles. The SMILES string of the molecule is CCNc1cc(N(CCO)Cc2ccccc2)ncn1. The minimum atomic E-state index is 0.0907. The highest BCUT2D eigenvalue weighted by Crippen LogP contribution is 2.16. The number of benzene rings is 1. The second-order valence-corrected chi connectivity index (χ2v) is 4.42. The summed E-state index contributed by atoms with van der Waals surface area (Å²) in [5, 5.41) is 12.4. The third-order valence-corrected chi connectivity index (χ3v) is 2.92. The molecule has 0 aliphatic rings. The maximum atomic E-state index is 9.25. The minimum absolute atomic E-state index is 0.0907. The lowest BCUT2D eigenvalue weighted by Gasteiger charge is -2.23. The van der Waals surface area contributed by atoms with Crippen LogP contribution in [-0.2, 0) is 6.54 Å². The zero-order chi connectivity index (χ0) is 14.2. The van der Waals surface area contributed by atoms with E-state index in [1.165, 1.54) is 5.56 Å². The average Bonchev–Trinajstić information content (AvgIpc) is 2.49. The van der Waals surface area contributed by atoms with Gasteiger partial charge in [-0.1, -0.05) is 30.3 Å². The van der Waals surface area contributed by atoms with Crippen LogP contribution in [0.5, 0.6) is 0 Å². The Balaban J connectivity index is 2.17. The average molecular weight is 272 g/mol. The van der Waals surface area contributed by atoms with Crippen LogP contribution in [0.2, 0.25) is 0 Å². The Morgan fingerprint density at radius 3 is 2.70 bits per heavy atom. The van der Waals surface area contributed by atoms with E-state index >= 15 is 0 Å². The summed E-state index contributed by atoms with van der Waals surface area (Å²) >= 11 is 0. The molecule has 0 unspecified atom stereocenters. The Hall–Kier alpha value is -2.14. The van der Waals surface area contributed by atoms with Gasteiger partial charge in [0.15, 0.2) is 0 Å². The lowest BCUT2D eigenvalue weighted by molar-refractivity contribution is 0.301. The molecule has 5 heteroatoms. The van der Waals surface area contributed by atoms with Crippen LogP contribution < -0.4 is 10.2 Å². The maximum Gasteiger partial charge on any atom is 0.134 e. The van der Waals surface area contributed by atoms with Crippen LogP contribution in [0.15, 0.2) is 42.7 Å². The van der Waals surface area contributed by atoms with Crippen LogP contribution in [0.25, 0.3) is 0 Å². The van der Waals surface area contributed by atoms with Gasteiger partial charge < -0.3 is 15.3 Å². The number of hydrogen-bond acceptors (Lipinski definition) is 5. The molecule has 0 fully saturated rings. The normalized spacial score (nSPS) is 10.3. The fraction of sp³-hybridized carbons (Fsp3) is 0.333. The van der Waals surface area contributed by atoms with Gasteiger partial charge in [-0.2, -0.15) is 0 Å². The molecule has 0 aliphatic heterocycles. The number of aromatic nitrogens is 2. The smallest absolute Gasteiger partial charge is 0.134 e. The van der Waals surface area contributed by atoms with Crippen molar-refractivity contribution >= 4 is 11.6 Å². The summed E-state index contributed by atoms with van der Waals surface area (Å²) in [6, 6.07) is 12.1. The van der Waals surface area contributed by atoms with Gasteiger partial charge in [0.25, 0.3) is 0 Å². The van der Waals surface area contributed by atoms with E-state index in [2.05, 4.69) is 27.4 Å². The molecule has 1 aromatic carbocycles. The second kappa shape index (κ2) is 7.45. The molecular formula is C15H20N4O. The zero-order valence-corrected chi connectivity index (χ0v) is 11.7. The van der Waals surface area contributed by atoms with Crippen LogP contribution in [0.1, 0.15) is 12.5 Å². The first kappa shape index (κ1) is 14.3. The van der Waals surface area contributed by atoms with Crippen molar-refractivity contribution in [1.82, 2.24) is 9.97 Å². The Bertz CT molecular complexity index is 518. The molecule has 0 saturated heterocycles. The first-order valence-electron chi connectivity index (χ1n) is 6.79. The van der Waals surface area contributed by atoms with Gasteiger partial charge in [-0.15, -0.1) is 0 Å². The van der Waals surface area contributed by atoms with E-state index < -0.39 is 0 Å². The quantitative estimate of drug-likeness (QED) is 0.806. The third-order valence-electron chi connectivity index (χ3n) is 2.92. The second-order valence-electron chi connectivity index (χ2n) is 4.42. The van der Waals surface area contributed by atoms with E-state index in [9.17, 15) is 5.11 Å². The number of nitrogens with zero attached hydrogens (tertiary/aromatic N) is 3. The standard InChI is InChI=1S/C15H20N4O/c1-2-16-14-10-15(18-12-17-14)19(8-9-20)11-13-6-4-3-5-7-13/h3-7,10,12,20H,2,8-9,11H2,1H3,(H,16,17,18). The van der Waals surface area contributed by atoms with Gasteiger partial charge >= 0.3 is 0 Å². The van der Waals surface area contributed by atoms with Crippen LogP contribution in [0.3, 0.4) is 0 Å². The van der Waals surface area contributed by atoms with Crippen LogP contribution in [-0.4, -0.2) is 34.8 Å². The monoisotopic (exact) mass is 272 g/mol. The molecule has 0 radical (unpaired) electrons. The van der Waals surface area contributed by atoms with Crippen molar-refractivity contribution in [2.24, 2.45) is 0 Å². The molecule has 0 bridgehead atoms. The summed E-state index contributed by atoms with van der Waals surface area (Å²) in [6.07, 6.45) is 1.54. The lowest BCUT2D eigenvalue weighted by atomic mass is 10.2. The predicted octanol–water partition coefficient (Wildman–Crippen LogP) is 1.91. The van der Waals surface area contributed by atoms with Crippen molar-refractivity contribution in [1.29, 1.82) is 0 Å². The van der Waals surface area contributed by atoms with Crippen molar-refractivity contribution in [2.45, 2.75) is 13.5 Å². The van der Waals surface area contributed by atoms with Gasteiger partial charge in [0.05, 0.1) is 6.61 Å². The number of aliphatic hydroxyl groups is 1. The summed E-state index contributed by atoms with van der Waals surface area (Å²) in [5.41, 5.74) is 1.18. The molecule has 20 heavy (non-hydrogen) atoms. The summed E-state index contributed by atoms with van der Waals surface area (Å²) in [4.78, 5) is 10.5. The molecule has 1 aromatic heterocycles. The molecule has 5 nitrogen and oxygen atoms in total. The van der Waals surface area contributed by atoms with Gasteiger partial charge in [0, 0.05) is 25.7 Å². The topological polar surface area (TPSA) is 61.3 Å². The third kappa shape index (κ3) is 3.93. The van der Waals surface area contributed by atoms with Crippen molar-refractivity contribution in [3.05, 3.63) is 48.3 Å². The number of aliphatic hydroxyl groups excluding tert-OH is 1. The molecule has 0 atom stereocenters. The molecular weight excluding hydrogens is 252 g/mol. The van der Waals surface area contributed by atoms with E-state index in [0.29, 0.717) is 13.1 Å². The Labute approximate surface area is 119 Å². The Kier molecular flexibility index (Phi) is 5.32. The van der Waals surface area contributed by atoms with E-state index in [4.69, 9.17) is 0 Å². The first-order chi connectivity index (χ1) is 9.83. The highest BCUT2D eigenvalue weighted by atomic mass is 16.3. The largest absolute Gasteiger partial charge is 0.395 e. The van der Waals surface area contributed by atoms with E-state index in [1.54, 1.807) is 6.33 Å². The summed E-state index contributed by atoms with van der Waals surface area (Å²) in [5.74, 6) is 1.61.